The second-order valence-corrected chi connectivity index (χ2v) is 6.85. The van der Waals surface area contributed by atoms with Gasteiger partial charge in [0, 0.05) is 0 Å². The zero-order chi connectivity index (χ0) is 11.5. The maximum atomic E-state index is 3.49. The Morgan fingerprint density at radius 1 is 0.750 bits per heavy atom. The highest BCUT2D eigenvalue weighted by atomic mass is 79.9. The van der Waals surface area contributed by atoms with E-state index in [0.29, 0.717) is 0 Å². The molecule has 0 atom stereocenters. The maximum absolute atomic E-state index is 3.49. The first-order valence-corrected chi connectivity index (χ1v) is 6.95. The predicted octanol–water partition coefficient (Wildman–Crippen LogP) is 5.45. The second-order valence-electron chi connectivity index (χ2n) is 3.79. The van der Waals surface area contributed by atoms with Gasteiger partial charge in [-0.25, -0.2) is 0 Å². The Hall–Kier alpha value is -0.600. The number of rotatable bonds is 2. The standard InChI is InChI=1S/C14H12Br2/c1-10-2-4-11(5-3-10)12-6-8-13(9-7-12)14(15)16/h2-9,14H,1H3. The Balaban J connectivity index is 2.31. The van der Waals surface area contributed by atoms with Gasteiger partial charge in [-0.1, -0.05) is 86.0 Å². The summed E-state index contributed by atoms with van der Waals surface area (Å²) in [5.74, 6) is 0. The van der Waals surface area contributed by atoms with Crippen LogP contribution in [0, 0.1) is 6.92 Å². The zero-order valence-electron chi connectivity index (χ0n) is 8.95. The van der Waals surface area contributed by atoms with Gasteiger partial charge in [-0.05, 0) is 23.6 Å². The number of hydrogen-bond acceptors (Lipinski definition) is 0. The van der Waals surface area contributed by atoms with Crippen LogP contribution in [0.4, 0.5) is 0 Å². The fourth-order valence-corrected chi connectivity index (χ4v) is 2.18. The summed E-state index contributed by atoms with van der Waals surface area (Å²) in [6.07, 6.45) is 0. The van der Waals surface area contributed by atoms with Gasteiger partial charge in [0.1, 0.15) is 0 Å². The molecule has 2 rings (SSSR count). The molecule has 2 aromatic carbocycles. The van der Waals surface area contributed by atoms with Crippen molar-refractivity contribution in [3.05, 3.63) is 59.7 Å². The summed E-state index contributed by atoms with van der Waals surface area (Å²) in [4.78, 5) is 0. The van der Waals surface area contributed by atoms with Crippen LogP contribution in [-0.2, 0) is 0 Å². The van der Waals surface area contributed by atoms with E-state index in [0.717, 1.165) is 0 Å². The average molecular weight is 340 g/mol. The van der Waals surface area contributed by atoms with E-state index in [-0.39, 0.29) is 3.74 Å². The molecule has 0 spiro atoms. The molecule has 0 aliphatic carbocycles. The van der Waals surface area contributed by atoms with E-state index >= 15 is 0 Å². The summed E-state index contributed by atoms with van der Waals surface area (Å²) in [5.41, 5.74) is 5.04. The summed E-state index contributed by atoms with van der Waals surface area (Å²) in [6.45, 7) is 2.10. The van der Waals surface area contributed by atoms with Crippen LogP contribution >= 0.6 is 31.9 Å². The van der Waals surface area contributed by atoms with E-state index in [1.54, 1.807) is 0 Å². The lowest BCUT2D eigenvalue weighted by Gasteiger charge is -2.05. The van der Waals surface area contributed by atoms with Crippen molar-refractivity contribution < 1.29 is 0 Å². The van der Waals surface area contributed by atoms with Gasteiger partial charge in [-0.3, -0.25) is 0 Å². The van der Waals surface area contributed by atoms with E-state index in [9.17, 15) is 0 Å². The monoisotopic (exact) mass is 338 g/mol. The quantitative estimate of drug-likeness (QED) is 0.638. The van der Waals surface area contributed by atoms with Crippen molar-refractivity contribution >= 4 is 31.9 Å². The van der Waals surface area contributed by atoms with Crippen molar-refractivity contribution in [3.8, 4) is 11.1 Å². The number of halogens is 2. The zero-order valence-corrected chi connectivity index (χ0v) is 12.1. The molecule has 0 aliphatic rings. The van der Waals surface area contributed by atoms with Crippen molar-refractivity contribution in [3.63, 3.8) is 0 Å². The SMILES string of the molecule is Cc1ccc(-c2ccc(C(Br)Br)cc2)cc1. The molecule has 0 nitrogen and oxygen atoms in total. The van der Waals surface area contributed by atoms with E-state index in [2.05, 4.69) is 87.3 Å². The Morgan fingerprint density at radius 2 is 1.19 bits per heavy atom. The first kappa shape index (κ1) is 11.9. The molecule has 0 amide bonds. The number of aryl methyl sites for hydroxylation is 1. The second kappa shape index (κ2) is 5.15. The molecule has 0 fully saturated rings. The molecule has 82 valence electrons. The molecular weight excluding hydrogens is 328 g/mol. The minimum atomic E-state index is 0.229. The third-order valence-corrected chi connectivity index (χ3v) is 3.60. The lowest BCUT2D eigenvalue weighted by molar-refractivity contribution is 1.42. The fourth-order valence-electron chi connectivity index (χ4n) is 1.57. The molecule has 0 unspecified atom stereocenters. The predicted molar refractivity (Wildman–Crippen MR) is 77.2 cm³/mol. The van der Waals surface area contributed by atoms with Crippen molar-refractivity contribution in [2.75, 3.05) is 0 Å². The van der Waals surface area contributed by atoms with Crippen LogP contribution in [0.1, 0.15) is 14.9 Å². The van der Waals surface area contributed by atoms with Crippen LogP contribution in [0.2, 0.25) is 0 Å². The van der Waals surface area contributed by atoms with Gasteiger partial charge >= 0.3 is 0 Å². The smallest absolute Gasteiger partial charge is 0.0712 e. The highest BCUT2D eigenvalue weighted by molar-refractivity contribution is 9.24. The first-order chi connectivity index (χ1) is 7.66. The molecule has 0 aromatic heterocycles. The highest BCUT2D eigenvalue weighted by Gasteiger charge is 2.02. The highest BCUT2D eigenvalue weighted by Crippen LogP contribution is 2.30. The van der Waals surface area contributed by atoms with Crippen molar-refractivity contribution in [1.29, 1.82) is 0 Å². The molecule has 2 heteroatoms. The van der Waals surface area contributed by atoms with E-state index in [1.807, 2.05) is 0 Å². The van der Waals surface area contributed by atoms with Crippen LogP contribution in [-0.4, -0.2) is 0 Å². The van der Waals surface area contributed by atoms with Gasteiger partial charge in [-0.2, -0.15) is 0 Å². The Labute approximate surface area is 113 Å². The first-order valence-electron chi connectivity index (χ1n) is 5.12. The van der Waals surface area contributed by atoms with Gasteiger partial charge in [0.25, 0.3) is 0 Å². The molecule has 2 aromatic rings. The third-order valence-electron chi connectivity index (χ3n) is 2.55. The van der Waals surface area contributed by atoms with Crippen LogP contribution < -0.4 is 0 Å². The number of benzene rings is 2. The van der Waals surface area contributed by atoms with Gasteiger partial charge < -0.3 is 0 Å². The van der Waals surface area contributed by atoms with Crippen molar-refractivity contribution in [1.82, 2.24) is 0 Å². The summed E-state index contributed by atoms with van der Waals surface area (Å²) in [5, 5.41) is 0. The van der Waals surface area contributed by atoms with Crippen LogP contribution in [0.3, 0.4) is 0 Å². The molecule has 0 saturated carbocycles. The molecule has 0 N–H and O–H groups in total. The Morgan fingerprint density at radius 3 is 1.62 bits per heavy atom. The number of hydrogen-bond donors (Lipinski definition) is 0. The maximum Gasteiger partial charge on any atom is 0.0946 e. The van der Waals surface area contributed by atoms with Crippen molar-refractivity contribution in [2.45, 2.75) is 10.7 Å². The normalized spacial score (nSPS) is 10.8. The third kappa shape index (κ3) is 2.74. The largest absolute Gasteiger partial charge is 0.0946 e. The topological polar surface area (TPSA) is 0 Å². The summed E-state index contributed by atoms with van der Waals surface area (Å²) < 4.78 is 0.229. The summed E-state index contributed by atoms with van der Waals surface area (Å²) in [7, 11) is 0. The lowest BCUT2D eigenvalue weighted by atomic mass is 10.0. The summed E-state index contributed by atoms with van der Waals surface area (Å²) in [6, 6.07) is 17.1. The Kier molecular flexibility index (Phi) is 3.82. The van der Waals surface area contributed by atoms with Crippen LogP contribution in [0.15, 0.2) is 48.5 Å². The van der Waals surface area contributed by atoms with Crippen LogP contribution in [0.5, 0.6) is 0 Å². The minimum Gasteiger partial charge on any atom is -0.0712 e. The molecule has 0 radical (unpaired) electrons. The lowest BCUT2D eigenvalue weighted by Crippen LogP contribution is -1.82. The molecule has 16 heavy (non-hydrogen) atoms. The fraction of sp³-hybridized carbons (Fsp3) is 0.143. The van der Waals surface area contributed by atoms with Gasteiger partial charge in [0.15, 0.2) is 0 Å². The van der Waals surface area contributed by atoms with Gasteiger partial charge in [-0.15, -0.1) is 0 Å². The van der Waals surface area contributed by atoms with Gasteiger partial charge in [0.05, 0.1) is 3.74 Å². The molecule has 0 heterocycles. The molecule has 0 bridgehead atoms. The van der Waals surface area contributed by atoms with Crippen LogP contribution in [0.25, 0.3) is 11.1 Å². The summed E-state index contributed by atoms with van der Waals surface area (Å²) >= 11 is 6.98. The molecular formula is C14H12Br2. The van der Waals surface area contributed by atoms with Crippen molar-refractivity contribution in [2.24, 2.45) is 0 Å². The minimum absolute atomic E-state index is 0.229. The van der Waals surface area contributed by atoms with E-state index < -0.39 is 0 Å². The van der Waals surface area contributed by atoms with E-state index in [1.165, 1.54) is 22.3 Å². The van der Waals surface area contributed by atoms with Gasteiger partial charge in [0.2, 0.25) is 0 Å². The molecule has 0 aliphatic heterocycles. The van der Waals surface area contributed by atoms with E-state index in [4.69, 9.17) is 0 Å². The Bertz CT molecular complexity index is 455. The average Bonchev–Trinajstić information content (AvgIpc) is 2.30. The molecule has 0 saturated heterocycles. The number of alkyl halides is 2.